The van der Waals surface area contributed by atoms with Gasteiger partial charge in [-0.1, -0.05) is 55.2 Å². The molecule has 3 rings (SSSR count). The summed E-state index contributed by atoms with van der Waals surface area (Å²) in [4.78, 5) is 28.3. The van der Waals surface area contributed by atoms with E-state index in [4.69, 9.17) is 0 Å². The summed E-state index contributed by atoms with van der Waals surface area (Å²) in [5, 5.41) is 3.15. The molecule has 0 aliphatic heterocycles. The van der Waals surface area contributed by atoms with Crippen LogP contribution < -0.4 is 9.62 Å². The van der Waals surface area contributed by atoms with Crippen molar-refractivity contribution in [3.05, 3.63) is 64.7 Å². The number of anilines is 1. The van der Waals surface area contributed by atoms with Gasteiger partial charge in [0.05, 0.1) is 11.9 Å². The van der Waals surface area contributed by atoms with Crippen molar-refractivity contribution in [3.63, 3.8) is 0 Å². The van der Waals surface area contributed by atoms with Crippen LogP contribution in [0.1, 0.15) is 74.1 Å². The smallest absolute Gasteiger partial charge is 0.242 e. The molecule has 1 aliphatic carbocycles. The van der Waals surface area contributed by atoms with Gasteiger partial charge in [-0.2, -0.15) is 0 Å². The Morgan fingerprint density at radius 1 is 0.947 bits per heavy atom. The van der Waals surface area contributed by atoms with E-state index in [1.807, 2.05) is 63.2 Å². The maximum absolute atomic E-state index is 13.5. The molecule has 208 valence electrons. The van der Waals surface area contributed by atoms with Crippen LogP contribution in [0.25, 0.3) is 0 Å². The molecule has 1 aliphatic rings. The Balaban J connectivity index is 1.72. The molecule has 0 bridgehead atoms. The first-order valence-corrected chi connectivity index (χ1v) is 15.5. The first-order valence-electron chi connectivity index (χ1n) is 13.7. The number of carbonyl (C=O) groups excluding carboxylic acids is 2. The SMILES string of the molecule is Cc1ccc(CN(C(=O)CCCN(c2cc(C)cc(C)c2)S(C)(=O)=O)[C@@H](C)C(=O)NC2CCCCC2)cc1. The number of aryl methyl sites for hydroxylation is 3. The Morgan fingerprint density at radius 3 is 2.13 bits per heavy atom. The molecular formula is C30H43N3O4S. The third-order valence-electron chi connectivity index (χ3n) is 7.24. The summed E-state index contributed by atoms with van der Waals surface area (Å²) in [6, 6.07) is 13.2. The average Bonchev–Trinajstić information content (AvgIpc) is 2.85. The molecular weight excluding hydrogens is 498 g/mol. The quantitative estimate of drug-likeness (QED) is 0.433. The van der Waals surface area contributed by atoms with E-state index in [9.17, 15) is 18.0 Å². The molecule has 8 heteroatoms. The van der Waals surface area contributed by atoms with Gasteiger partial charge in [0.1, 0.15) is 6.04 Å². The van der Waals surface area contributed by atoms with Crippen LogP contribution in [0.4, 0.5) is 5.69 Å². The lowest BCUT2D eigenvalue weighted by Crippen LogP contribution is -2.50. The molecule has 1 saturated carbocycles. The van der Waals surface area contributed by atoms with Gasteiger partial charge in [-0.3, -0.25) is 13.9 Å². The van der Waals surface area contributed by atoms with E-state index in [-0.39, 0.29) is 30.8 Å². The molecule has 0 saturated heterocycles. The molecule has 1 atom stereocenters. The van der Waals surface area contributed by atoms with Crippen molar-refractivity contribution >= 4 is 27.5 Å². The second-order valence-electron chi connectivity index (χ2n) is 10.8. The number of hydrogen-bond donors (Lipinski definition) is 1. The van der Waals surface area contributed by atoms with Gasteiger partial charge in [-0.05, 0) is 75.8 Å². The zero-order valence-corrected chi connectivity index (χ0v) is 24.3. The Kier molecular flexibility index (Phi) is 10.4. The van der Waals surface area contributed by atoms with E-state index in [0.717, 1.165) is 47.9 Å². The van der Waals surface area contributed by atoms with Crippen molar-refractivity contribution < 1.29 is 18.0 Å². The van der Waals surface area contributed by atoms with Crippen LogP contribution in [0.3, 0.4) is 0 Å². The average molecular weight is 542 g/mol. The van der Waals surface area contributed by atoms with Crippen LogP contribution in [0.5, 0.6) is 0 Å². The predicted molar refractivity (Wildman–Crippen MR) is 154 cm³/mol. The minimum atomic E-state index is -3.52. The number of sulfonamides is 1. The Hall–Kier alpha value is -2.87. The van der Waals surface area contributed by atoms with Crippen LogP contribution in [0.2, 0.25) is 0 Å². The molecule has 1 N–H and O–H groups in total. The summed E-state index contributed by atoms with van der Waals surface area (Å²) >= 11 is 0. The minimum Gasteiger partial charge on any atom is -0.352 e. The normalized spacial score (nSPS) is 15.1. The summed E-state index contributed by atoms with van der Waals surface area (Å²) in [6.07, 6.45) is 7.06. The van der Waals surface area contributed by atoms with Gasteiger partial charge in [0, 0.05) is 25.6 Å². The second-order valence-corrected chi connectivity index (χ2v) is 12.7. The summed E-state index contributed by atoms with van der Waals surface area (Å²) in [6.45, 7) is 8.17. The Bertz CT molecular complexity index is 1180. The van der Waals surface area contributed by atoms with E-state index in [0.29, 0.717) is 18.7 Å². The van der Waals surface area contributed by atoms with E-state index < -0.39 is 16.1 Å². The molecule has 0 heterocycles. The zero-order valence-electron chi connectivity index (χ0n) is 23.5. The highest BCUT2D eigenvalue weighted by molar-refractivity contribution is 7.92. The number of nitrogens with one attached hydrogen (secondary N) is 1. The third kappa shape index (κ3) is 8.58. The van der Waals surface area contributed by atoms with E-state index in [1.165, 1.54) is 17.0 Å². The predicted octanol–water partition coefficient (Wildman–Crippen LogP) is 5.02. The largest absolute Gasteiger partial charge is 0.352 e. The van der Waals surface area contributed by atoms with E-state index >= 15 is 0 Å². The highest BCUT2D eigenvalue weighted by Gasteiger charge is 2.28. The molecule has 0 spiro atoms. The molecule has 0 radical (unpaired) electrons. The van der Waals surface area contributed by atoms with E-state index in [2.05, 4.69) is 5.32 Å². The maximum Gasteiger partial charge on any atom is 0.242 e. The summed E-state index contributed by atoms with van der Waals surface area (Å²) in [5.41, 5.74) is 4.64. The number of amides is 2. The monoisotopic (exact) mass is 541 g/mol. The topological polar surface area (TPSA) is 86.8 Å². The number of rotatable bonds is 11. The van der Waals surface area contributed by atoms with Gasteiger partial charge < -0.3 is 10.2 Å². The Labute approximate surface area is 228 Å². The summed E-state index contributed by atoms with van der Waals surface area (Å²) in [5.74, 6) is -0.295. The van der Waals surface area contributed by atoms with Crippen molar-refractivity contribution in [1.29, 1.82) is 0 Å². The summed E-state index contributed by atoms with van der Waals surface area (Å²) in [7, 11) is -3.52. The molecule has 7 nitrogen and oxygen atoms in total. The first-order chi connectivity index (χ1) is 17.9. The van der Waals surface area contributed by atoms with Crippen molar-refractivity contribution in [2.24, 2.45) is 0 Å². The molecule has 38 heavy (non-hydrogen) atoms. The highest BCUT2D eigenvalue weighted by atomic mass is 32.2. The van der Waals surface area contributed by atoms with Crippen LogP contribution >= 0.6 is 0 Å². The fraction of sp³-hybridized carbons (Fsp3) is 0.533. The fourth-order valence-electron chi connectivity index (χ4n) is 5.14. The second kappa shape index (κ2) is 13.3. The third-order valence-corrected chi connectivity index (χ3v) is 8.43. The van der Waals surface area contributed by atoms with Gasteiger partial charge in [0.2, 0.25) is 21.8 Å². The standard InChI is InChI=1S/C30H43N3O4S/c1-22-13-15-26(16-14-22)21-32(25(4)30(35)31-27-10-7-6-8-11-27)29(34)12-9-17-33(38(5,36)37)28-19-23(2)18-24(3)20-28/h13-16,18-20,25,27H,6-12,17,21H2,1-5H3,(H,31,35)/t25-/m0/s1. The zero-order chi connectivity index (χ0) is 27.9. The molecule has 2 aromatic rings. The maximum atomic E-state index is 13.5. The molecule has 0 aromatic heterocycles. The van der Waals surface area contributed by atoms with Crippen molar-refractivity contribution in [2.45, 2.75) is 91.3 Å². The van der Waals surface area contributed by atoms with Crippen molar-refractivity contribution in [3.8, 4) is 0 Å². The van der Waals surface area contributed by atoms with Crippen LogP contribution in [0.15, 0.2) is 42.5 Å². The lowest BCUT2D eigenvalue weighted by molar-refractivity contribution is -0.141. The molecule has 1 fully saturated rings. The lowest BCUT2D eigenvalue weighted by atomic mass is 9.95. The van der Waals surface area contributed by atoms with Gasteiger partial charge >= 0.3 is 0 Å². The number of benzene rings is 2. The highest BCUT2D eigenvalue weighted by Crippen LogP contribution is 2.23. The van der Waals surface area contributed by atoms with Gasteiger partial charge in [-0.15, -0.1) is 0 Å². The molecule has 0 unspecified atom stereocenters. The first kappa shape index (κ1) is 29.7. The Morgan fingerprint density at radius 2 is 1.55 bits per heavy atom. The fourth-order valence-corrected chi connectivity index (χ4v) is 6.09. The van der Waals surface area contributed by atoms with Crippen LogP contribution in [0, 0.1) is 20.8 Å². The van der Waals surface area contributed by atoms with Crippen molar-refractivity contribution in [2.75, 3.05) is 17.1 Å². The minimum absolute atomic E-state index is 0.134. The number of nitrogens with zero attached hydrogens (tertiary/aromatic N) is 2. The van der Waals surface area contributed by atoms with Crippen molar-refractivity contribution in [1.82, 2.24) is 10.2 Å². The lowest BCUT2D eigenvalue weighted by Gasteiger charge is -2.31. The molecule has 2 amide bonds. The van der Waals surface area contributed by atoms with Gasteiger partial charge in [0.25, 0.3) is 0 Å². The summed E-state index contributed by atoms with van der Waals surface area (Å²) < 4.78 is 26.6. The number of hydrogen-bond acceptors (Lipinski definition) is 4. The van der Waals surface area contributed by atoms with Crippen LogP contribution in [-0.2, 0) is 26.2 Å². The van der Waals surface area contributed by atoms with Gasteiger partial charge in [-0.25, -0.2) is 8.42 Å². The number of carbonyl (C=O) groups is 2. The molecule has 2 aromatic carbocycles. The van der Waals surface area contributed by atoms with E-state index in [1.54, 1.807) is 11.8 Å². The van der Waals surface area contributed by atoms with Crippen LogP contribution in [-0.4, -0.2) is 50.0 Å². The van der Waals surface area contributed by atoms with Gasteiger partial charge in [0.15, 0.2) is 0 Å².